The van der Waals surface area contributed by atoms with Crippen LogP contribution in [0, 0.1) is 0 Å². The molecule has 81 valence electrons. The molecule has 0 saturated carbocycles. The van der Waals surface area contributed by atoms with E-state index in [9.17, 15) is 0 Å². The van der Waals surface area contributed by atoms with Crippen molar-refractivity contribution in [3.63, 3.8) is 0 Å². The van der Waals surface area contributed by atoms with Gasteiger partial charge in [0.15, 0.2) is 0 Å². The third kappa shape index (κ3) is 3.43. The van der Waals surface area contributed by atoms with Gasteiger partial charge in [-0.15, -0.1) is 6.58 Å². The molecular formula is C12H23N2. The summed E-state index contributed by atoms with van der Waals surface area (Å²) in [5.74, 6) is 0. The standard InChI is InChI=1S/C12H23N2/c1-6-7-13-10-8-11(2,3)14-12(4,5)9-10/h6,10,14H,1,7-9H2,2-5H3. The summed E-state index contributed by atoms with van der Waals surface area (Å²) in [6, 6.07) is 0.485. The second kappa shape index (κ2) is 4.03. The maximum absolute atomic E-state index is 4.63. The van der Waals surface area contributed by atoms with Gasteiger partial charge in [-0.25, -0.2) is 5.32 Å². The van der Waals surface area contributed by atoms with E-state index in [0.717, 1.165) is 19.4 Å². The molecule has 0 atom stereocenters. The third-order valence-corrected chi connectivity index (χ3v) is 2.66. The van der Waals surface area contributed by atoms with Crippen LogP contribution in [0.15, 0.2) is 12.7 Å². The normalized spacial score (nSPS) is 26.0. The van der Waals surface area contributed by atoms with Crippen LogP contribution in [0.25, 0.3) is 0 Å². The maximum atomic E-state index is 4.63. The van der Waals surface area contributed by atoms with Crippen LogP contribution in [0.2, 0.25) is 0 Å². The van der Waals surface area contributed by atoms with Crippen molar-refractivity contribution in [2.75, 3.05) is 6.54 Å². The fourth-order valence-corrected chi connectivity index (χ4v) is 2.62. The van der Waals surface area contributed by atoms with Gasteiger partial charge in [0.05, 0.1) is 0 Å². The second-order valence-corrected chi connectivity index (χ2v) is 5.61. The first-order valence-corrected chi connectivity index (χ1v) is 5.41. The minimum Gasteiger partial charge on any atom is -0.307 e. The van der Waals surface area contributed by atoms with Gasteiger partial charge in [-0.3, -0.25) is 0 Å². The highest BCUT2D eigenvalue weighted by atomic mass is 15.1. The average molecular weight is 195 g/mol. The van der Waals surface area contributed by atoms with Crippen LogP contribution in [-0.4, -0.2) is 23.7 Å². The zero-order valence-electron chi connectivity index (χ0n) is 9.93. The molecule has 1 N–H and O–H groups in total. The molecule has 0 aromatic rings. The molecule has 2 nitrogen and oxygen atoms in total. The summed E-state index contributed by atoms with van der Waals surface area (Å²) >= 11 is 0. The topological polar surface area (TPSA) is 26.1 Å². The predicted molar refractivity (Wildman–Crippen MR) is 61.5 cm³/mol. The quantitative estimate of drug-likeness (QED) is 0.686. The van der Waals surface area contributed by atoms with E-state index in [0.29, 0.717) is 6.04 Å². The van der Waals surface area contributed by atoms with E-state index in [1.807, 2.05) is 6.08 Å². The Bertz CT molecular complexity index is 190. The highest BCUT2D eigenvalue weighted by molar-refractivity contribution is 4.99. The van der Waals surface area contributed by atoms with Crippen molar-refractivity contribution in [1.82, 2.24) is 10.6 Å². The van der Waals surface area contributed by atoms with Crippen molar-refractivity contribution < 1.29 is 0 Å². The molecule has 1 aliphatic rings. The molecule has 1 radical (unpaired) electrons. The SMILES string of the molecule is C=CC[N]C1CC(C)(C)NC(C)(C)C1. The first-order chi connectivity index (χ1) is 6.35. The molecule has 1 saturated heterocycles. The average Bonchev–Trinajstić information content (AvgIpc) is 1.94. The lowest BCUT2D eigenvalue weighted by Gasteiger charge is -2.46. The Morgan fingerprint density at radius 3 is 2.21 bits per heavy atom. The molecule has 1 heterocycles. The summed E-state index contributed by atoms with van der Waals surface area (Å²) < 4.78 is 0. The van der Waals surface area contributed by atoms with Crippen molar-refractivity contribution >= 4 is 0 Å². The van der Waals surface area contributed by atoms with Gasteiger partial charge in [-0.05, 0) is 40.5 Å². The maximum Gasteiger partial charge on any atom is 0.0314 e. The van der Waals surface area contributed by atoms with Crippen LogP contribution in [-0.2, 0) is 0 Å². The number of piperidine rings is 1. The molecule has 0 aliphatic carbocycles. The van der Waals surface area contributed by atoms with Gasteiger partial charge in [-0.1, -0.05) is 6.08 Å². The van der Waals surface area contributed by atoms with Crippen LogP contribution in [0.4, 0.5) is 0 Å². The fourth-order valence-electron chi connectivity index (χ4n) is 2.62. The molecule has 2 heteroatoms. The highest BCUT2D eigenvalue weighted by Gasteiger charge is 2.37. The molecule has 0 unspecified atom stereocenters. The summed E-state index contributed by atoms with van der Waals surface area (Å²) in [4.78, 5) is 0. The van der Waals surface area contributed by atoms with E-state index in [1.54, 1.807) is 0 Å². The fraction of sp³-hybridized carbons (Fsp3) is 0.833. The van der Waals surface area contributed by atoms with Gasteiger partial charge in [-0.2, -0.15) is 0 Å². The summed E-state index contributed by atoms with van der Waals surface area (Å²) in [5.41, 5.74) is 0.411. The lowest BCUT2D eigenvalue weighted by atomic mass is 9.79. The molecule has 1 aliphatic heterocycles. The van der Waals surface area contributed by atoms with Crippen LogP contribution in [0.3, 0.4) is 0 Å². The Kier molecular flexibility index (Phi) is 3.38. The first-order valence-electron chi connectivity index (χ1n) is 5.41. The molecular weight excluding hydrogens is 172 g/mol. The van der Waals surface area contributed by atoms with Crippen LogP contribution < -0.4 is 10.6 Å². The molecule has 14 heavy (non-hydrogen) atoms. The van der Waals surface area contributed by atoms with Gasteiger partial charge in [0.1, 0.15) is 0 Å². The van der Waals surface area contributed by atoms with Gasteiger partial charge < -0.3 is 5.32 Å². The van der Waals surface area contributed by atoms with Crippen LogP contribution in [0.1, 0.15) is 40.5 Å². The van der Waals surface area contributed by atoms with E-state index in [-0.39, 0.29) is 11.1 Å². The Hall–Kier alpha value is -0.340. The van der Waals surface area contributed by atoms with Crippen LogP contribution in [0.5, 0.6) is 0 Å². The monoisotopic (exact) mass is 195 g/mol. The molecule has 0 aromatic carbocycles. The van der Waals surface area contributed by atoms with Gasteiger partial charge in [0, 0.05) is 23.7 Å². The number of rotatable bonds is 3. The summed E-state index contributed by atoms with van der Waals surface area (Å²) in [5, 5.41) is 8.29. The first kappa shape index (κ1) is 11.7. The Labute approximate surface area is 88.2 Å². The lowest BCUT2D eigenvalue weighted by Crippen LogP contribution is -2.60. The molecule has 1 fully saturated rings. The Morgan fingerprint density at radius 2 is 1.79 bits per heavy atom. The molecule has 0 amide bonds. The van der Waals surface area contributed by atoms with Gasteiger partial charge >= 0.3 is 0 Å². The number of nitrogens with one attached hydrogen (secondary N) is 1. The van der Waals surface area contributed by atoms with Crippen molar-refractivity contribution in [2.24, 2.45) is 0 Å². The molecule has 0 aromatic heterocycles. The molecule has 0 bridgehead atoms. The van der Waals surface area contributed by atoms with E-state index in [4.69, 9.17) is 0 Å². The van der Waals surface area contributed by atoms with E-state index in [2.05, 4.69) is 44.9 Å². The van der Waals surface area contributed by atoms with Gasteiger partial charge in [0.2, 0.25) is 0 Å². The van der Waals surface area contributed by atoms with Crippen molar-refractivity contribution in [3.05, 3.63) is 12.7 Å². The Balaban J connectivity index is 2.57. The largest absolute Gasteiger partial charge is 0.307 e. The van der Waals surface area contributed by atoms with Gasteiger partial charge in [0.25, 0.3) is 0 Å². The van der Waals surface area contributed by atoms with E-state index in [1.165, 1.54) is 0 Å². The summed E-state index contributed by atoms with van der Waals surface area (Å²) in [7, 11) is 0. The number of hydrogen-bond acceptors (Lipinski definition) is 1. The lowest BCUT2D eigenvalue weighted by molar-refractivity contribution is 0.147. The molecule has 0 spiro atoms. The zero-order chi connectivity index (χ0) is 10.8. The van der Waals surface area contributed by atoms with E-state index >= 15 is 0 Å². The summed E-state index contributed by atoms with van der Waals surface area (Å²) in [6.07, 6.45) is 4.14. The number of hydrogen-bond donors (Lipinski definition) is 1. The van der Waals surface area contributed by atoms with Crippen molar-refractivity contribution in [3.8, 4) is 0 Å². The second-order valence-electron chi connectivity index (χ2n) is 5.61. The van der Waals surface area contributed by atoms with Crippen LogP contribution >= 0.6 is 0 Å². The highest BCUT2D eigenvalue weighted by Crippen LogP contribution is 2.28. The predicted octanol–water partition coefficient (Wildman–Crippen LogP) is 2.09. The molecule has 1 rings (SSSR count). The zero-order valence-corrected chi connectivity index (χ0v) is 9.93. The Morgan fingerprint density at radius 1 is 1.29 bits per heavy atom. The third-order valence-electron chi connectivity index (χ3n) is 2.66. The number of nitrogens with zero attached hydrogens (tertiary/aromatic N) is 1. The minimum atomic E-state index is 0.205. The smallest absolute Gasteiger partial charge is 0.0314 e. The van der Waals surface area contributed by atoms with Crippen molar-refractivity contribution in [1.29, 1.82) is 0 Å². The van der Waals surface area contributed by atoms with E-state index < -0.39 is 0 Å². The van der Waals surface area contributed by atoms with Crippen molar-refractivity contribution in [2.45, 2.75) is 57.7 Å². The minimum absolute atomic E-state index is 0.205. The summed E-state index contributed by atoms with van der Waals surface area (Å²) in [6.45, 7) is 13.5.